The van der Waals surface area contributed by atoms with Crippen LogP contribution in [0.1, 0.15) is 64.5 Å². The zero-order chi connectivity index (χ0) is 38.4. The number of anilines is 4. The van der Waals surface area contributed by atoms with Crippen molar-refractivity contribution in [2.75, 3.05) is 9.80 Å². The van der Waals surface area contributed by atoms with Crippen LogP contribution in [0.15, 0.2) is 146 Å². The Morgan fingerprint density at radius 1 is 0.667 bits per heavy atom. The summed E-state index contributed by atoms with van der Waals surface area (Å²) >= 11 is 0. The van der Waals surface area contributed by atoms with Gasteiger partial charge in [0.05, 0.1) is 0 Å². The maximum absolute atomic E-state index is 6.78. The van der Waals surface area contributed by atoms with Crippen molar-refractivity contribution in [1.29, 1.82) is 0 Å². The molecule has 0 spiro atoms. The summed E-state index contributed by atoms with van der Waals surface area (Å²) in [5.74, 6) is 2.59. The van der Waals surface area contributed by atoms with Crippen molar-refractivity contribution in [1.82, 2.24) is 9.55 Å². The molecule has 57 heavy (non-hydrogen) atoms. The molecule has 6 aromatic carbocycles. The molecule has 9 rings (SSSR count). The first-order valence-corrected chi connectivity index (χ1v) is 19.6. The standard InChI is InChI=1S/C51H45N4O.Pt/c1-6-35(7-2)37-18-15-19-40(28-37)53-34-54(48-23-14-13-22-47(48)53)41-29-38(36-16-9-8-10-17-36)30-43(32-41)56-42-24-25-45-44-20-11-12-21-46(44)55(49(45)33-42)50-31-39(26-27-52-50)51(3,4)5;/h8-31,34-35H,6-7H2,1-5H3;/q-3;. The van der Waals surface area contributed by atoms with E-state index in [4.69, 9.17) is 9.72 Å². The molecule has 0 radical (unpaired) electrons. The Balaban J connectivity index is 0.00000455. The number of hydrogen-bond acceptors (Lipinski definition) is 4. The van der Waals surface area contributed by atoms with Crippen molar-refractivity contribution in [2.45, 2.75) is 58.8 Å². The average molecular weight is 925 g/mol. The zero-order valence-corrected chi connectivity index (χ0v) is 35.2. The van der Waals surface area contributed by atoms with Gasteiger partial charge in [0, 0.05) is 61.3 Å². The summed E-state index contributed by atoms with van der Waals surface area (Å²) in [6, 6.07) is 56.5. The van der Waals surface area contributed by atoms with E-state index in [-0.39, 0.29) is 26.5 Å². The monoisotopic (exact) mass is 924 g/mol. The van der Waals surface area contributed by atoms with Crippen molar-refractivity contribution >= 4 is 44.6 Å². The first-order valence-electron chi connectivity index (χ1n) is 19.6. The summed E-state index contributed by atoms with van der Waals surface area (Å²) in [4.78, 5) is 9.37. The van der Waals surface area contributed by atoms with E-state index in [1.54, 1.807) is 0 Å². The number of rotatable bonds is 9. The van der Waals surface area contributed by atoms with Gasteiger partial charge in [-0.1, -0.05) is 113 Å². The quantitative estimate of drug-likeness (QED) is 0.135. The van der Waals surface area contributed by atoms with Gasteiger partial charge in [0.15, 0.2) is 0 Å². The molecule has 3 heterocycles. The number of aromatic nitrogens is 2. The second-order valence-corrected chi connectivity index (χ2v) is 15.6. The molecular formula is C51H45N4OPt-3. The fourth-order valence-electron chi connectivity index (χ4n) is 8.01. The summed E-state index contributed by atoms with van der Waals surface area (Å²) in [6.07, 6.45) is 4.13. The molecule has 0 saturated carbocycles. The van der Waals surface area contributed by atoms with Crippen LogP contribution in [0.3, 0.4) is 0 Å². The van der Waals surface area contributed by atoms with E-state index in [2.05, 4.69) is 195 Å². The minimum absolute atomic E-state index is 0. The Morgan fingerprint density at radius 2 is 1.40 bits per heavy atom. The summed E-state index contributed by atoms with van der Waals surface area (Å²) in [7, 11) is 0. The van der Waals surface area contributed by atoms with Crippen LogP contribution in [-0.2, 0) is 26.5 Å². The maximum Gasteiger partial charge on any atom is 0.135 e. The predicted octanol–water partition coefficient (Wildman–Crippen LogP) is 13.8. The fourth-order valence-corrected chi connectivity index (χ4v) is 8.01. The van der Waals surface area contributed by atoms with Gasteiger partial charge in [-0.3, -0.25) is 0 Å². The Hall–Kier alpha value is -5.64. The van der Waals surface area contributed by atoms with Crippen LogP contribution in [0.25, 0.3) is 38.8 Å². The number of ether oxygens (including phenoxy) is 1. The van der Waals surface area contributed by atoms with E-state index < -0.39 is 0 Å². The van der Waals surface area contributed by atoms with Crippen LogP contribution in [0, 0.1) is 18.8 Å². The maximum atomic E-state index is 6.78. The van der Waals surface area contributed by atoms with Gasteiger partial charge in [0.1, 0.15) is 5.82 Å². The van der Waals surface area contributed by atoms with Crippen LogP contribution in [-0.4, -0.2) is 9.55 Å². The topological polar surface area (TPSA) is 33.5 Å². The van der Waals surface area contributed by atoms with E-state index in [1.165, 1.54) is 11.1 Å². The number of benzene rings is 6. The molecule has 0 N–H and O–H groups in total. The van der Waals surface area contributed by atoms with E-state index in [0.29, 0.717) is 17.4 Å². The molecule has 0 amide bonds. The third kappa shape index (κ3) is 7.26. The summed E-state index contributed by atoms with van der Waals surface area (Å²) in [5.41, 5.74) is 10.9. The van der Waals surface area contributed by atoms with Gasteiger partial charge in [-0.25, -0.2) is 4.98 Å². The number of para-hydroxylation sites is 3. The largest absolute Gasteiger partial charge is 0.509 e. The SMILES string of the molecule is CCC(CC)c1cccc(N2[CH-]N(c3[c-]c(Oc4[c-]c5c(cc4)c4ccccc4n5-c4cc(C(C)(C)C)ccn4)cc(-c4ccccc4)c3)c3ccccc32)c1.[Pt]. The van der Waals surface area contributed by atoms with Crippen LogP contribution < -0.4 is 14.5 Å². The Labute approximate surface area is 350 Å². The van der Waals surface area contributed by atoms with Gasteiger partial charge >= 0.3 is 0 Å². The van der Waals surface area contributed by atoms with Gasteiger partial charge in [-0.15, -0.1) is 53.6 Å². The van der Waals surface area contributed by atoms with Crippen molar-refractivity contribution < 1.29 is 25.8 Å². The van der Waals surface area contributed by atoms with Crippen molar-refractivity contribution in [3.63, 3.8) is 0 Å². The van der Waals surface area contributed by atoms with Gasteiger partial charge in [0.25, 0.3) is 0 Å². The van der Waals surface area contributed by atoms with E-state index in [1.807, 2.05) is 18.3 Å². The second-order valence-electron chi connectivity index (χ2n) is 15.6. The smallest absolute Gasteiger partial charge is 0.135 e. The Bertz CT molecular complexity index is 2690. The van der Waals surface area contributed by atoms with E-state index in [9.17, 15) is 0 Å². The first kappa shape index (κ1) is 38.2. The molecule has 1 aliphatic rings. The number of hydrogen-bond donors (Lipinski definition) is 0. The third-order valence-electron chi connectivity index (χ3n) is 11.1. The predicted molar refractivity (Wildman–Crippen MR) is 232 cm³/mol. The molecule has 0 unspecified atom stereocenters. The van der Waals surface area contributed by atoms with Crippen molar-refractivity contribution in [3.05, 3.63) is 176 Å². The van der Waals surface area contributed by atoms with Gasteiger partial charge < -0.3 is 19.1 Å². The number of pyridine rings is 1. The molecular weight excluding hydrogens is 880 g/mol. The van der Waals surface area contributed by atoms with E-state index in [0.717, 1.165) is 74.3 Å². The van der Waals surface area contributed by atoms with Gasteiger partial charge in [0.2, 0.25) is 0 Å². The molecule has 0 saturated heterocycles. The molecule has 0 bridgehead atoms. The van der Waals surface area contributed by atoms with Crippen LogP contribution in [0.4, 0.5) is 22.7 Å². The minimum Gasteiger partial charge on any atom is -0.509 e. The first-order chi connectivity index (χ1) is 27.3. The molecule has 6 heteroatoms. The van der Waals surface area contributed by atoms with Gasteiger partial charge in [-0.05, 0) is 88.7 Å². The Kier molecular flexibility index (Phi) is 10.5. The molecule has 288 valence electrons. The molecule has 8 aromatic rings. The van der Waals surface area contributed by atoms with Crippen molar-refractivity contribution in [3.8, 4) is 28.4 Å². The molecule has 1 aliphatic heterocycles. The minimum atomic E-state index is -0.0206. The van der Waals surface area contributed by atoms with Crippen LogP contribution in [0.2, 0.25) is 0 Å². The fraction of sp³-hybridized carbons (Fsp3) is 0.176. The number of nitrogens with zero attached hydrogens (tertiary/aromatic N) is 4. The Morgan fingerprint density at radius 3 is 2.18 bits per heavy atom. The molecule has 2 aromatic heterocycles. The zero-order valence-electron chi connectivity index (χ0n) is 32.9. The second kappa shape index (κ2) is 15.7. The molecule has 0 fully saturated rings. The van der Waals surface area contributed by atoms with Crippen LogP contribution >= 0.6 is 0 Å². The molecule has 5 nitrogen and oxygen atoms in total. The normalized spacial score (nSPS) is 12.7. The number of fused-ring (bicyclic) bond motifs is 4. The van der Waals surface area contributed by atoms with Gasteiger partial charge in [-0.2, -0.15) is 6.07 Å². The van der Waals surface area contributed by atoms with E-state index >= 15 is 0 Å². The summed E-state index contributed by atoms with van der Waals surface area (Å²) in [6.45, 7) is 13.4. The van der Waals surface area contributed by atoms with Crippen LogP contribution in [0.5, 0.6) is 11.5 Å². The van der Waals surface area contributed by atoms with Crippen molar-refractivity contribution in [2.24, 2.45) is 0 Å². The molecule has 0 aliphatic carbocycles. The summed E-state index contributed by atoms with van der Waals surface area (Å²) < 4.78 is 8.98. The third-order valence-corrected chi connectivity index (χ3v) is 11.1. The average Bonchev–Trinajstić information content (AvgIpc) is 3.78. The summed E-state index contributed by atoms with van der Waals surface area (Å²) in [5, 5.41) is 2.24. The molecule has 0 atom stereocenters.